The minimum atomic E-state index is -0.624. The van der Waals surface area contributed by atoms with Gasteiger partial charge in [-0.2, -0.15) is 0 Å². The molecule has 85 valence electrons. The van der Waals surface area contributed by atoms with Crippen LogP contribution < -0.4 is 0 Å². The van der Waals surface area contributed by atoms with E-state index in [-0.39, 0.29) is 16.5 Å². The quantitative estimate of drug-likeness (QED) is 0.620. The Kier molecular flexibility index (Phi) is 3.21. The first-order chi connectivity index (χ1) is 8.09. The van der Waals surface area contributed by atoms with Crippen LogP contribution in [0.15, 0.2) is 24.4 Å². The van der Waals surface area contributed by atoms with Gasteiger partial charge < -0.3 is 10.1 Å². The predicted octanol–water partition coefficient (Wildman–Crippen LogP) is 3.16. The zero-order valence-electron chi connectivity index (χ0n) is 8.22. The van der Waals surface area contributed by atoms with Gasteiger partial charge in [0.25, 0.3) is 0 Å². The zero-order chi connectivity index (χ0) is 12.4. The van der Waals surface area contributed by atoms with Gasteiger partial charge in [-0.1, -0.05) is 23.2 Å². The van der Waals surface area contributed by atoms with Crippen molar-refractivity contribution in [2.45, 2.75) is 0 Å². The monoisotopic (exact) mass is 268 g/mol. The Bertz CT molecular complexity index is 590. The second kappa shape index (κ2) is 4.65. The lowest BCUT2D eigenvalue weighted by Gasteiger charge is -2.03. The van der Waals surface area contributed by atoms with E-state index in [1.165, 1.54) is 6.07 Å². The summed E-state index contributed by atoms with van der Waals surface area (Å²) >= 11 is 11.7. The maximum absolute atomic E-state index is 10.8. The van der Waals surface area contributed by atoms with Crippen LogP contribution in [-0.2, 0) is 0 Å². The lowest BCUT2D eigenvalue weighted by molar-refractivity contribution is -0.389. The average Bonchev–Trinajstić information content (AvgIpc) is 2.29. The molecule has 5 nitrogen and oxygen atoms in total. The van der Waals surface area contributed by atoms with Crippen molar-refractivity contribution in [3.05, 3.63) is 50.8 Å². The summed E-state index contributed by atoms with van der Waals surface area (Å²) in [6.45, 7) is 0. The Labute approximate surface area is 106 Å². The van der Waals surface area contributed by atoms with Crippen LogP contribution in [0.3, 0.4) is 0 Å². The van der Waals surface area contributed by atoms with E-state index in [0.29, 0.717) is 10.6 Å². The summed E-state index contributed by atoms with van der Waals surface area (Å²) in [7, 11) is 0. The third-order valence-electron chi connectivity index (χ3n) is 1.99. The van der Waals surface area contributed by atoms with E-state index >= 15 is 0 Å². The van der Waals surface area contributed by atoms with Gasteiger partial charge in [0.1, 0.15) is 6.20 Å². The third-order valence-corrected chi connectivity index (χ3v) is 2.54. The first-order valence-electron chi connectivity index (χ1n) is 4.42. The van der Waals surface area contributed by atoms with Crippen molar-refractivity contribution >= 4 is 29.0 Å². The molecule has 0 aliphatic heterocycles. The van der Waals surface area contributed by atoms with Gasteiger partial charge >= 0.3 is 5.82 Å². The predicted molar refractivity (Wildman–Crippen MR) is 63.0 cm³/mol. The van der Waals surface area contributed by atoms with E-state index in [1.807, 2.05) is 0 Å². The number of hydrogen-bond acceptors (Lipinski definition) is 4. The van der Waals surface area contributed by atoms with Crippen molar-refractivity contribution in [1.29, 1.82) is 0 Å². The standard InChI is InChI=1S/C10H4Cl2N3O2/c11-6-1-2-7(8(12)5-6)9-10(15(16)17)14-4-3-13-9/h1-2,4-5H. The van der Waals surface area contributed by atoms with Crippen LogP contribution in [-0.4, -0.2) is 14.9 Å². The Balaban J connectivity index is 2.64. The first kappa shape index (κ1) is 11.8. The molecule has 0 saturated carbocycles. The number of nitro groups is 1. The fraction of sp³-hybridized carbons (Fsp3) is 0. The van der Waals surface area contributed by atoms with Crippen LogP contribution in [0.5, 0.6) is 0 Å². The van der Waals surface area contributed by atoms with Gasteiger partial charge in [-0.25, -0.2) is 4.98 Å². The Morgan fingerprint density at radius 3 is 2.76 bits per heavy atom. The molecule has 17 heavy (non-hydrogen) atoms. The molecule has 0 atom stereocenters. The van der Waals surface area contributed by atoms with Crippen molar-refractivity contribution < 1.29 is 4.92 Å². The molecule has 0 bridgehead atoms. The van der Waals surface area contributed by atoms with E-state index in [1.54, 1.807) is 12.1 Å². The molecule has 2 rings (SSSR count). The van der Waals surface area contributed by atoms with Gasteiger partial charge in [0.2, 0.25) is 0 Å². The second-order valence-electron chi connectivity index (χ2n) is 3.05. The fourth-order valence-electron chi connectivity index (χ4n) is 1.29. The Morgan fingerprint density at radius 1 is 1.35 bits per heavy atom. The molecule has 7 heteroatoms. The van der Waals surface area contributed by atoms with Crippen molar-refractivity contribution in [3.8, 4) is 11.3 Å². The normalized spacial score (nSPS) is 10.2. The second-order valence-corrected chi connectivity index (χ2v) is 3.90. The number of benzene rings is 1. The Morgan fingerprint density at radius 2 is 2.12 bits per heavy atom. The molecular formula is C10H4Cl2N3O2. The summed E-state index contributed by atoms with van der Waals surface area (Å²) in [5, 5.41) is 11.5. The largest absolute Gasteiger partial charge is 0.390 e. The van der Waals surface area contributed by atoms with Gasteiger partial charge in [0.15, 0.2) is 11.9 Å². The van der Waals surface area contributed by atoms with Gasteiger partial charge in [-0.05, 0) is 28.1 Å². The minimum absolute atomic E-state index is 0.0687. The number of aromatic nitrogens is 2. The topological polar surface area (TPSA) is 68.9 Å². The Hall–Kier alpha value is -1.72. The molecule has 1 aromatic heterocycles. The number of halogens is 2. The molecule has 0 amide bonds. The van der Waals surface area contributed by atoms with Crippen LogP contribution in [0, 0.1) is 16.3 Å². The molecular weight excluding hydrogens is 265 g/mol. The summed E-state index contributed by atoms with van der Waals surface area (Å²) in [5.74, 6) is -0.368. The molecule has 0 spiro atoms. The summed E-state index contributed by atoms with van der Waals surface area (Å²) in [6.07, 6.45) is 3.57. The minimum Gasteiger partial charge on any atom is -0.358 e. The van der Waals surface area contributed by atoms with Crippen LogP contribution in [0.25, 0.3) is 11.3 Å². The maximum atomic E-state index is 10.8. The molecule has 0 saturated heterocycles. The van der Waals surface area contributed by atoms with Crippen molar-refractivity contribution in [1.82, 2.24) is 9.97 Å². The van der Waals surface area contributed by atoms with Crippen molar-refractivity contribution in [3.63, 3.8) is 0 Å². The zero-order valence-corrected chi connectivity index (χ0v) is 9.74. The van der Waals surface area contributed by atoms with Gasteiger partial charge in [-0.3, -0.25) is 0 Å². The van der Waals surface area contributed by atoms with Crippen LogP contribution in [0.4, 0.5) is 5.82 Å². The molecule has 0 fully saturated rings. The summed E-state index contributed by atoms with van der Waals surface area (Å²) < 4.78 is 0. The van der Waals surface area contributed by atoms with E-state index in [2.05, 4.69) is 16.2 Å². The van der Waals surface area contributed by atoms with E-state index < -0.39 is 4.92 Å². The molecule has 1 aromatic carbocycles. The lowest BCUT2D eigenvalue weighted by atomic mass is 10.1. The molecule has 0 aliphatic rings. The summed E-state index contributed by atoms with van der Waals surface area (Å²) in [4.78, 5) is 17.6. The summed E-state index contributed by atoms with van der Waals surface area (Å²) in [5.41, 5.74) is 0.464. The van der Waals surface area contributed by atoms with Crippen LogP contribution >= 0.6 is 23.2 Å². The smallest absolute Gasteiger partial charge is 0.358 e. The third kappa shape index (κ3) is 2.35. The highest BCUT2D eigenvalue weighted by Gasteiger charge is 2.19. The van der Waals surface area contributed by atoms with E-state index in [0.717, 1.165) is 6.20 Å². The highest BCUT2D eigenvalue weighted by atomic mass is 35.5. The van der Waals surface area contributed by atoms with E-state index in [9.17, 15) is 10.1 Å². The number of hydrogen-bond donors (Lipinski definition) is 0. The average molecular weight is 269 g/mol. The van der Waals surface area contributed by atoms with Gasteiger partial charge in [0, 0.05) is 10.6 Å². The molecule has 0 aliphatic carbocycles. The molecule has 1 heterocycles. The molecule has 2 aromatic rings. The number of nitrogens with zero attached hydrogens (tertiary/aromatic N) is 3. The van der Waals surface area contributed by atoms with Crippen molar-refractivity contribution in [2.75, 3.05) is 0 Å². The molecule has 0 N–H and O–H groups in total. The number of rotatable bonds is 2. The highest BCUT2D eigenvalue weighted by molar-refractivity contribution is 6.36. The lowest BCUT2D eigenvalue weighted by Crippen LogP contribution is -1.97. The maximum Gasteiger partial charge on any atom is 0.390 e. The van der Waals surface area contributed by atoms with Crippen LogP contribution in [0.1, 0.15) is 0 Å². The highest BCUT2D eigenvalue weighted by Crippen LogP contribution is 2.32. The fourth-order valence-corrected chi connectivity index (χ4v) is 1.79. The SMILES string of the molecule is O=[N+]([O-])c1nc[c]nc1-c1ccc(Cl)cc1Cl. The molecule has 0 unspecified atom stereocenters. The van der Waals surface area contributed by atoms with Crippen molar-refractivity contribution in [2.24, 2.45) is 0 Å². The van der Waals surface area contributed by atoms with Crippen LogP contribution in [0.2, 0.25) is 10.0 Å². The van der Waals surface area contributed by atoms with Gasteiger partial charge in [-0.15, -0.1) is 0 Å². The van der Waals surface area contributed by atoms with Gasteiger partial charge in [0.05, 0.1) is 5.02 Å². The molecule has 1 radical (unpaired) electrons. The summed E-state index contributed by atoms with van der Waals surface area (Å²) in [6, 6.07) is 4.60. The first-order valence-corrected chi connectivity index (χ1v) is 5.18. The van der Waals surface area contributed by atoms with E-state index in [4.69, 9.17) is 23.2 Å².